The van der Waals surface area contributed by atoms with Crippen LogP contribution >= 0.6 is 23.2 Å². The van der Waals surface area contributed by atoms with Gasteiger partial charge < -0.3 is 46.4 Å². The van der Waals surface area contributed by atoms with E-state index in [9.17, 15) is 43.2 Å². The van der Waals surface area contributed by atoms with Crippen LogP contribution in [0.5, 0.6) is 17.2 Å². The summed E-state index contributed by atoms with van der Waals surface area (Å²) in [7, 11) is 0. The highest BCUT2D eigenvalue weighted by molar-refractivity contribution is 6.31. The van der Waals surface area contributed by atoms with Crippen LogP contribution in [0, 0.1) is 0 Å². The fourth-order valence-corrected chi connectivity index (χ4v) is 5.14. The van der Waals surface area contributed by atoms with Crippen molar-refractivity contribution in [2.24, 2.45) is 0 Å². The van der Waals surface area contributed by atoms with Gasteiger partial charge in [-0.05, 0) is 75.2 Å². The van der Waals surface area contributed by atoms with Crippen LogP contribution in [0.15, 0.2) is 48.5 Å². The predicted octanol–water partition coefficient (Wildman–Crippen LogP) is 8.19. The van der Waals surface area contributed by atoms with Crippen LogP contribution in [0.25, 0.3) is 0 Å². The maximum atomic E-state index is 12.1. The van der Waals surface area contributed by atoms with Gasteiger partial charge in [-0.3, -0.25) is 0 Å². The molecule has 0 saturated heterocycles. The molecule has 3 aromatic rings. The third-order valence-electron chi connectivity index (χ3n) is 6.89. The third-order valence-corrected chi connectivity index (χ3v) is 7.33. The first-order chi connectivity index (χ1) is 22.0. The van der Waals surface area contributed by atoms with Crippen molar-refractivity contribution in [1.82, 2.24) is 5.32 Å². The summed E-state index contributed by atoms with van der Waals surface area (Å²) in [5.41, 5.74) is 0.765. The first kappa shape index (κ1) is 37.3. The van der Waals surface area contributed by atoms with Crippen LogP contribution in [0.1, 0.15) is 69.3 Å². The van der Waals surface area contributed by atoms with Crippen LogP contribution in [0.3, 0.4) is 0 Å². The summed E-state index contributed by atoms with van der Waals surface area (Å²) < 4.78 is 40.0. The summed E-state index contributed by atoms with van der Waals surface area (Å²) in [6, 6.07) is 9.09. The smallest absolute Gasteiger partial charge is 0.505 e. The lowest BCUT2D eigenvalue weighted by Gasteiger charge is -2.23. The second-order valence-electron chi connectivity index (χ2n) is 10.7. The zero-order chi connectivity index (χ0) is 34.9. The number of aliphatic hydroxyl groups excluding tert-OH is 2. The minimum absolute atomic E-state index is 0.0390. The van der Waals surface area contributed by atoms with E-state index in [1.807, 2.05) is 0 Å². The normalized spacial score (nSPS) is 14.6. The van der Waals surface area contributed by atoms with Gasteiger partial charge >= 0.3 is 18.4 Å². The highest BCUT2D eigenvalue weighted by Crippen LogP contribution is 2.36. The molecular formula is C31H35Cl2F3N4O7. The third kappa shape index (κ3) is 11.9. The Morgan fingerprint density at radius 3 is 1.70 bits per heavy atom. The Bertz CT molecular complexity index is 1530. The number of halogens is 5. The fraction of sp³-hybridized carbons (Fsp3) is 0.355. The number of phenols is 2. The zero-order valence-corrected chi connectivity index (χ0v) is 26.8. The molecule has 256 valence electrons. The number of urea groups is 2. The number of carbonyl (C=O) groups excluding carboxylic acids is 2. The van der Waals surface area contributed by atoms with E-state index >= 15 is 0 Å². The van der Waals surface area contributed by atoms with Gasteiger partial charge in [0.25, 0.3) is 0 Å². The van der Waals surface area contributed by atoms with Gasteiger partial charge in [0.05, 0.1) is 23.6 Å². The van der Waals surface area contributed by atoms with Gasteiger partial charge in [0, 0.05) is 32.9 Å². The molecule has 1 aliphatic carbocycles. The van der Waals surface area contributed by atoms with Crippen molar-refractivity contribution < 1.29 is 47.9 Å². The van der Waals surface area contributed by atoms with Crippen LogP contribution in [0.2, 0.25) is 10.0 Å². The van der Waals surface area contributed by atoms with Gasteiger partial charge in [0.15, 0.2) is 0 Å². The number of ether oxygens (including phenoxy) is 1. The Morgan fingerprint density at radius 1 is 0.787 bits per heavy atom. The quantitative estimate of drug-likeness (QED) is 0.115. The summed E-state index contributed by atoms with van der Waals surface area (Å²) >= 11 is 11.8. The lowest BCUT2D eigenvalue weighted by atomic mass is 9.96. The second kappa shape index (κ2) is 16.6. The highest BCUT2D eigenvalue weighted by Gasteiger charge is 2.31. The van der Waals surface area contributed by atoms with Crippen LogP contribution < -0.4 is 26.0 Å². The molecule has 0 heterocycles. The van der Waals surface area contributed by atoms with Gasteiger partial charge in [0.1, 0.15) is 17.2 Å². The van der Waals surface area contributed by atoms with Gasteiger partial charge in [-0.15, -0.1) is 13.2 Å². The molecule has 2 atom stereocenters. The molecule has 4 amide bonds. The van der Waals surface area contributed by atoms with Gasteiger partial charge in [-0.2, -0.15) is 0 Å². The molecule has 8 N–H and O–H groups in total. The molecule has 0 spiro atoms. The number of aliphatic hydroxyl groups is 2. The standard InChI is InChI=1S/C16H14ClF3N2O4.C15H21ClN2O3/c1-8(23)12-6-9(17)7-13(14(12)24)22-15(25)21-10-2-4-11(5-3-10)26-16(18,19)20;1-9(19)12-7-10(16)8-13(14(12)20)18-15(21)17-11-5-3-2-4-6-11/h2-8,23-24H,1H3,(H2,21,22,25);7-9,11,19-20H,2-6H2,1H3,(H2,17,18,21). The van der Waals surface area contributed by atoms with E-state index in [2.05, 4.69) is 26.0 Å². The van der Waals surface area contributed by atoms with Crippen molar-refractivity contribution in [2.45, 2.75) is 70.6 Å². The first-order valence-electron chi connectivity index (χ1n) is 14.4. The highest BCUT2D eigenvalue weighted by atomic mass is 35.5. The number of nitrogens with one attached hydrogen (secondary N) is 4. The van der Waals surface area contributed by atoms with Crippen LogP contribution in [-0.2, 0) is 0 Å². The van der Waals surface area contributed by atoms with Crippen molar-refractivity contribution in [3.63, 3.8) is 0 Å². The molecule has 0 radical (unpaired) electrons. The molecule has 0 bridgehead atoms. The summed E-state index contributed by atoms with van der Waals surface area (Å²) in [5.74, 6) is -0.945. The minimum atomic E-state index is -4.81. The molecule has 47 heavy (non-hydrogen) atoms. The Kier molecular flexibility index (Phi) is 13.2. The molecule has 2 unspecified atom stereocenters. The molecule has 1 fully saturated rings. The Hall–Kier alpha value is -4.11. The molecular weight excluding hydrogens is 668 g/mol. The summed E-state index contributed by atoms with van der Waals surface area (Å²) in [5, 5.41) is 50.1. The molecule has 0 aliphatic heterocycles. The number of hydrogen-bond acceptors (Lipinski definition) is 7. The Morgan fingerprint density at radius 2 is 1.26 bits per heavy atom. The average molecular weight is 704 g/mol. The van der Waals surface area contributed by atoms with Gasteiger partial charge in [0.2, 0.25) is 0 Å². The van der Waals surface area contributed by atoms with Crippen molar-refractivity contribution >= 4 is 52.3 Å². The topological polar surface area (TPSA) is 172 Å². The molecule has 1 saturated carbocycles. The average Bonchev–Trinajstić information content (AvgIpc) is 2.97. The number of phenolic OH excluding ortho intramolecular Hbond substituents is 2. The number of carbonyl (C=O) groups is 2. The lowest BCUT2D eigenvalue weighted by Crippen LogP contribution is -2.39. The first-order valence-corrected chi connectivity index (χ1v) is 15.2. The van der Waals surface area contributed by atoms with Crippen molar-refractivity contribution in [3.05, 3.63) is 69.7 Å². The van der Waals surface area contributed by atoms with Gasteiger partial charge in [-0.25, -0.2) is 9.59 Å². The largest absolute Gasteiger partial charge is 0.573 e. The molecule has 1 aliphatic rings. The fourth-order valence-electron chi connectivity index (χ4n) is 4.68. The van der Waals surface area contributed by atoms with E-state index < -0.39 is 30.4 Å². The van der Waals surface area contributed by atoms with E-state index in [-0.39, 0.29) is 56.8 Å². The maximum Gasteiger partial charge on any atom is 0.573 e. The maximum absolute atomic E-state index is 12.1. The van der Waals surface area contributed by atoms with E-state index in [1.54, 1.807) is 0 Å². The van der Waals surface area contributed by atoms with Gasteiger partial charge in [-0.1, -0.05) is 42.5 Å². The Balaban J connectivity index is 0.000000261. The number of alkyl halides is 3. The van der Waals surface area contributed by atoms with Crippen molar-refractivity contribution in [3.8, 4) is 17.2 Å². The van der Waals surface area contributed by atoms with Crippen molar-refractivity contribution in [1.29, 1.82) is 0 Å². The number of aromatic hydroxyl groups is 2. The summed E-state index contributed by atoms with van der Waals surface area (Å²) in [4.78, 5) is 24.0. The van der Waals surface area contributed by atoms with E-state index in [0.717, 1.165) is 37.8 Å². The summed E-state index contributed by atoms with van der Waals surface area (Å²) in [6.45, 7) is 2.94. The minimum Gasteiger partial charge on any atom is -0.505 e. The Labute approximate surface area is 278 Å². The molecule has 16 heteroatoms. The number of rotatable bonds is 7. The second-order valence-corrected chi connectivity index (χ2v) is 11.6. The molecule has 11 nitrogen and oxygen atoms in total. The summed E-state index contributed by atoms with van der Waals surface area (Å²) in [6.07, 6.45) is -1.27. The number of anilines is 3. The number of benzene rings is 3. The van der Waals surface area contributed by atoms with Crippen LogP contribution in [0.4, 0.5) is 39.8 Å². The monoisotopic (exact) mass is 702 g/mol. The van der Waals surface area contributed by atoms with E-state index in [0.29, 0.717) is 5.02 Å². The van der Waals surface area contributed by atoms with Crippen molar-refractivity contribution in [2.75, 3.05) is 16.0 Å². The van der Waals surface area contributed by atoms with Crippen LogP contribution in [-0.4, -0.2) is 44.9 Å². The number of hydrogen-bond donors (Lipinski definition) is 8. The lowest BCUT2D eigenvalue weighted by molar-refractivity contribution is -0.274. The molecule has 0 aromatic heterocycles. The number of amides is 4. The van der Waals surface area contributed by atoms with E-state index in [4.69, 9.17) is 23.2 Å². The SMILES string of the molecule is CC(O)c1cc(Cl)cc(NC(=O)NC2CCCCC2)c1O.CC(O)c1cc(Cl)cc(NC(=O)Nc2ccc(OC(F)(F)F)cc2)c1O. The van der Waals surface area contributed by atoms with E-state index in [1.165, 1.54) is 56.7 Å². The predicted molar refractivity (Wildman–Crippen MR) is 172 cm³/mol. The molecule has 3 aromatic carbocycles. The molecule has 4 rings (SSSR count). The zero-order valence-electron chi connectivity index (χ0n) is 25.3.